The Labute approximate surface area is 224 Å². The number of morpholine rings is 1. The van der Waals surface area contributed by atoms with Gasteiger partial charge >= 0.3 is 0 Å². The number of aromatic nitrogens is 1. The van der Waals surface area contributed by atoms with Gasteiger partial charge in [0.25, 0.3) is 5.91 Å². The molecule has 0 bridgehead atoms. The number of rotatable bonds is 8. The van der Waals surface area contributed by atoms with Gasteiger partial charge in [-0.25, -0.2) is 8.42 Å². The van der Waals surface area contributed by atoms with Crippen LogP contribution in [0, 0.1) is 0 Å². The highest BCUT2D eigenvalue weighted by Gasteiger charge is 2.36. The Morgan fingerprint density at radius 3 is 2.66 bits per heavy atom. The lowest BCUT2D eigenvalue weighted by Gasteiger charge is -2.32. The predicted molar refractivity (Wildman–Crippen MR) is 144 cm³/mol. The molecule has 0 spiro atoms. The summed E-state index contributed by atoms with van der Waals surface area (Å²) in [5.41, 5.74) is 8.46. The van der Waals surface area contributed by atoms with Gasteiger partial charge in [-0.2, -0.15) is 4.31 Å². The van der Waals surface area contributed by atoms with Crippen molar-refractivity contribution in [2.24, 2.45) is 5.73 Å². The van der Waals surface area contributed by atoms with Crippen molar-refractivity contribution in [2.75, 3.05) is 26.3 Å². The molecule has 1 atom stereocenters. The van der Waals surface area contributed by atoms with Gasteiger partial charge in [-0.15, -0.1) is 0 Å². The van der Waals surface area contributed by atoms with Gasteiger partial charge in [0.1, 0.15) is 29.0 Å². The lowest BCUT2D eigenvalue weighted by Crippen LogP contribution is -2.47. The van der Waals surface area contributed by atoms with Crippen LogP contribution < -0.4 is 10.5 Å². The first-order valence-corrected chi connectivity index (χ1v) is 13.7. The number of aromatic amines is 1. The molecule has 4 aromatic rings. The summed E-state index contributed by atoms with van der Waals surface area (Å²) in [5, 5.41) is 10.2. The standard InChI is InChI=1S/C27H26ClN3O6S/c28-19-7-10-24-23(13-19)26(25(30-24)27(29)33)38(34,35)31-11-12-36-21(14-31)16-37-20-8-5-17(6-9-20)22-4-2-1-3-18(22)15-32/h1-10,13,21,30,32H,11-12,14-16H2,(H2,29,33). The van der Waals surface area contributed by atoms with Gasteiger partial charge in [0.05, 0.1) is 13.2 Å². The zero-order valence-electron chi connectivity index (χ0n) is 20.3. The Bertz CT molecular complexity index is 1590. The monoisotopic (exact) mass is 555 g/mol. The minimum absolute atomic E-state index is 0.0374. The van der Waals surface area contributed by atoms with E-state index >= 15 is 0 Å². The number of halogens is 1. The number of hydrogen-bond donors (Lipinski definition) is 3. The maximum atomic E-state index is 13.7. The molecule has 1 fully saturated rings. The van der Waals surface area contributed by atoms with E-state index in [1.165, 1.54) is 10.4 Å². The maximum Gasteiger partial charge on any atom is 0.266 e. The first kappa shape index (κ1) is 26.2. The molecule has 1 unspecified atom stereocenters. The number of nitrogens with two attached hydrogens (primary N) is 1. The van der Waals surface area contributed by atoms with Crippen molar-refractivity contribution in [1.29, 1.82) is 0 Å². The van der Waals surface area contributed by atoms with Gasteiger partial charge in [-0.05, 0) is 47.0 Å². The topological polar surface area (TPSA) is 135 Å². The van der Waals surface area contributed by atoms with Crippen molar-refractivity contribution in [1.82, 2.24) is 9.29 Å². The summed E-state index contributed by atoms with van der Waals surface area (Å²) in [6, 6.07) is 19.7. The summed E-state index contributed by atoms with van der Waals surface area (Å²) in [4.78, 5) is 14.7. The molecule has 1 aliphatic heterocycles. The Hall–Kier alpha value is -3.41. The second-order valence-electron chi connectivity index (χ2n) is 8.89. The second-order valence-corrected chi connectivity index (χ2v) is 11.2. The molecule has 5 rings (SSSR count). The molecule has 1 saturated heterocycles. The number of aliphatic hydroxyl groups is 1. The maximum absolute atomic E-state index is 13.7. The Morgan fingerprint density at radius 2 is 1.92 bits per heavy atom. The van der Waals surface area contributed by atoms with Crippen LogP contribution in [0.3, 0.4) is 0 Å². The van der Waals surface area contributed by atoms with Crippen molar-refractivity contribution in [3.8, 4) is 16.9 Å². The van der Waals surface area contributed by atoms with Crippen molar-refractivity contribution in [2.45, 2.75) is 17.6 Å². The fourth-order valence-electron chi connectivity index (χ4n) is 4.58. The molecule has 9 nitrogen and oxygen atoms in total. The average molecular weight is 556 g/mol. The van der Waals surface area contributed by atoms with Gasteiger partial charge < -0.3 is 25.3 Å². The van der Waals surface area contributed by atoms with Gasteiger partial charge in [0, 0.05) is 29.0 Å². The number of nitrogens with zero attached hydrogens (tertiary/aromatic N) is 1. The molecule has 4 N–H and O–H groups in total. The number of aliphatic hydroxyl groups excluding tert-OH is 1. The van der Waals surface area contributed by atoms with Crippen LogP contribution in [0.5, 0.6) is 5.75 Å². The van der Waals surface area contributed by atoms with Crippen molar-refractivity contribution in [3.05, 3.63) is 83.0 Å². The minimum atomic E-state index is -4.11. The van der Waals surface area contributed by atoms with E-state index in [0.717, 1.165) is 16.7 Å². The number of primary amides is 1. The number of carbonyl (C=O) groups excluding carboxylic acids is 1. The predicted octanol–water partition coefficient (Wildman–Crippen LogP) is 3.55. The number of nitrogens with one attached hydrogen (secondary N) is 1. The normalized spacial score (nSPS) is 16.5. The van der Waals surface area contributed by atoms with Gasteiger partial charge in [0.15, 0.2) is 0 Å². The summed E-state index contributed by atoms with van der Waals surface area (Å²) in [6.07, 6.45) is -0.529. The third kappa shape index (κ3) is 5.13. The van der Waals surface area contributed by atoms with E-state index in [9.17, 15) is 18.3 Å². The third-order valence-corrected chi connectivity index (χ3v) is 8.63. The fraction of sp³-hybridized carbons (Fsp3) is 0.222. The van der Waals surface area contributed by atoms with Crippen LogP contribution in [0.2, 0.25) is 5.02 Å². The van der Waals surface area contributed by atoms with Gasteiger partial charge in [-0.1, -0.05) is 48.0 Å². The van der Waals surface area contributed by atoms with Crippen LogP contribution in [-0.4, -0.2) is 61.1 Å². The molecule has 0 radical (unpaired) electrons. The van der Waals surface area contributed by atoms with E-state index in [2.05, 4.69) is 4.98 Å². The Balaban J connectivity index is 1.31. The number of sulfonamides is 1. The average Bonchev–Trinajstić information content (AvgIpc) is 3.32. The molecule has 1 amide bonds. The number of benzene rings is 3. The molecular formula is C27H26ClN3O6S. The van der Waals surface area contributed by atoms with Gasteiger partial charge in [-0.3, -0.25) is 4.79 Å². The fourth-order valence-corrected chi connectivity index (χ4v) is 6.55. The van der Waals surface area contributed by atoms with Crippen LogP contribution in [0.15, 0.2) is 71.6 Å². The SMILES string of the molecule is NC(=O)c1[nH]c2ccc(Cl)cc2c1S(=O)(=O)N1CCOC(COc2ccc(-c3ccccc3CO)cc2)C1. The molecular weight excluding hydrogens is 530 g/mol. The number of ether oxygens (including phenoxy) is 2. The zero-order valence-corrected chi connectivity index (χ0v) is 21.8. The molecule has 11 heteroatoms. The van der Waals surface area contributed by atoms with E-state index in [0.29, 0.717) is 21.7 Å². The lowest BCUT2D eigenvalue weighted by atomic mass is 10.0. The molecule has 0 saturated carbocycles. The van der Waals surface area contributed by atoms with Crippen LogP contribution in [0.4, 0.5) is 0 Å². The van der Waals surface area contributed by atoms with E-state index in [-0.39, 0.29) is 43.5 Å². The van der Waals surface area contributed by atoms with Crippen LogP contribution in [0.25, 0.3) is 22.0 Å². The smallest absolute Gasteiger partial charge is 0.266 e. The van der Waals surface area contributed by atoms with Crippen LogP contribution >= 0.6 is 11.6 Å². The first-order valence-electron chi connectivity index (χ1n) is 11.9. The number of hydrogen-bond acceptors (Lipinski definition) is 6. The van der Waals surface area contributed by atoms with E-state index in [1.807, 2.05) is 48.5 Å². The van der Waals surface area contributed by atoms with E-state index in [4.69, 9.17) is 26.8 Å². The summed E-state index contributed by atoms with van der Waals surface area (Å²) < 4.78 is 40.3. The van der Waals surface area contributed by atoms with Crippen molar-refractivity contribution < 1.29 is 27.8 Å². The summed E-state index contributed by atoms with van der Waals surface area (Å²) in [7, 11) is -4.11. The van der Waals surface area contributed by atoms with Crippen LogP contribution in [0.1, 0.15) is 16.1 Å². The third-order valence-electron chi connectivity index (χ3n) is 6.45. The van der Waals surface area contributed by atoms with Crippen LogP contribution in [-0.2, 0) is 21.4 Å². The quantitative estimate of drug-likeness (QED) is 0.304. The first-order chi connectivity index (χ1) is 18.3. The molecule has 3 aromatic carbocycles. The molecule has 1 aromatic heterocycles. The minimum Gasteiger partial charge on any atom is -0.491 e. The Kier molecular flexibility index (Phi) is 7.42. The molecule has 2 heterocycles. The molecule has 1 aliphatic rings. The molecule has 38 heavy (non-hydrogen) atoms. The highest BCUT2D eigenvalue weighted by atomic mass is 35.5. The van der Waals surface area contributed by atoms with E-state index < -0.39 is 22.0 Å². The number of H-pyrrole nitrogens is 1. The lowest BCUT2D eigenvalue weighted by molar-refractivity contribution is -0.0249. The summed E-state index contributed by atoms with van der Waals surface area (Å²) >= 11 is 6.11. The number of carbonyl (C=O) groups is 1. The highest BCUT2D eigenvalue weighted by Crippen LogP contribution is 2.32. The molecule has 198 valence electrons. The second kappa shape index (κ2) is 10.8. The van der Waals surface area contributed by atoms with Crippen molar-refractivity contribution >= 4 is 38.4 Å². The zero-order chi connectivity index (χ0) is 26.9. The summed E-state index contributed by atoms with van der Waals surface area (Å²) in [5.74, 6) is -0.282. The Morgan fingerprint density at radius 1 is 1.16 bits per heavy atom. The highest BCUT2D eigenvalue weighted by molar-refractivity contribution is 7.89. The number of amides is 1. The van der Waals surface area contributed by atoms with Crippen molar-refractivity contribution in [3.63, 3.8) is 0 Å². The van der Waals surface area contributed by atoms with Gasteiger partial charge in [0.2, 0.25) is 10.0 Å². The number of fused-ring (bicyclic) bond motifs is 1. The molecule has 0 aliphatic carbocycles. The van der Waals surface area contributed by atoms with E-state index in [1.54, 1.807) is 12.1 Å². The summed E-state index contributed by atoms with van der Waals surface area (Å²) in [6.45, 7) is 0.387. The largest absolute Gasteiger partial charge is 0.491 e.